The number of carbonyl (C=O) groups excluding carboxylic acids is 4. The van der Waals surface area contributed by atoms with Crippen molar-refractivity contribution in [2.24, 2.45) is 41.4 Å². The van der Waals surface area contributed by atoms with Gasteiger partial charge in [0.05, 0.1) is 11.8 Å². The van der Waals surface area contributed by atoms with Gasteiger partial charge >= 0.3 is 5.97 Å². The third kappa shape index (κ3) is 3.75. The maximum Gasteiger partial charge on any atom is 0.329 e. The summed E-state index contributed by atoms with van der Waals surface area (Å²) in [4.78, 5) is 53.1. The monoisotopic (exact) mass is 454 g/mol. The number of halogens is 1. The van der Waals surface area contributed by atoms with Crippen LogP contribution in [0.1, 0.15) is 26.7 Å². The molecule has 1 heterocycles. The Morgan fingerprint density at radius 3 is 2.18 bits per heavy atom. The van der Waals surface area contributed by atoms with Crippen LogP contribution in [0.25, 0.3) is 0 Å². The number of benzene rings is 1. The largest absolute Gasteiger partial charge is 0.454 e. The minimum absolute atomic E-state index is 0.0297. The fourth-order valence-electron chi connectivity index (χ4n) is 6.00. The van der Waals surface area contributed by atoms with Gasteiger partial charge in [0.15, 0.2) is 6.61 Å². The van der Waals surface area contributed by atoms with E-state index in [0.29, 0.717) is 17.5 Å². The van der Waals surface area contributed by atoms with Crippen LogP contribution in [0.15, 0.2) is 36.4 Å². The lowest BCUT2D eigenvalue weighted by atomic mass is 9.63. The Bertz CT molecular complexity index is 1000. The second-order valence-electron chi connectivity index (χ2n) is 10.0. The molecule has 8 heteroatoms. The van der Waals surface area contributed by atoms with Crippen molar-refractivity contribution < 1.29 is 28.3 Å². The first kappa shape index (κ1) is 21.8. The first-order valence-corrected chi connectivity index (χ1v) is 11.5. The van der Waals surface area contributed by atoms with E-state index in [1.165, 1.54) is 24.3 Å². The number of imide groups is 1. The number of hydrogen-bond acceptors (Lipinski definition) is 5. The van der Waals surface area contributed by atoms with Gasteiger partial charge in [-0.3, -0.25) is 19.3 Å². The third-order valence-electron chi connectivity index (χ3n) is 7.45. The van der Waals surface area contributed by atoms with Gasteiger partial charge in [-0.25, -0.2) is 9.18 Å². The minimum Gasteiger partial charge on any atom is -0.454 e. The summed E-state index contributed by atoms with van der Waals surface area (Å²) < 4.78 is 18.3. The first-order valence-electron chi connectivity index (χ1n) is 11.5. The van der Waals surface area contributed by atoms with Crippen LogP contribution in [-0.4, -0.2) is 41.2 Å². The Kier molecular flexibility index (Phi) is 5.34. The van der Waals surface area contributed by atoms with E-state index in [2.05, 4.69) is 17.5 Å². The van der Waals surface area contributed by atoms with Crippen molar-refractivity contribution in [3.8, 4) is 0 Å². The number of hydrogen-bond donors (Lipinski definition) is 1. The smallest absolute Gasteiger partial charge is 0.329 e. The van der Waals surface area contributed by atoms with Crippen molar-refractivity contribution in [2.75, 3.05) is 11.9 Å². The van der Waals surface area contributed by atoms with Crippen LogP contribution in [-0.2, 0) is 23.9 Å². The van der Waals surface area contributed by atoms with Crippen LogP contribution < -0.4 is 5.32 Å². The molecule has 0 spiro atoms. The summed E-state index contributed by atoms with van der Waals surface area (Å²) in [6, 6.07) is 4.15. The molecule has 3 amide bonds. The molecule has 5 aliphatic rings. The number of allylic oxidation sites excluding steroid dienone is 2. The molecule has 1 aromatic carbocycles. The second-order valence-corrected chi connectivity index (χ2v) is 10.0. The maximum atomic E-state index is 13.4. The predicted molar refractivity (Wildman–Crippen MR) is 116 cm³/mol. The highest BCUT2D eigenvalue weighted by atomic mass is 19.1. The summed E-state index contributed by atoms with van der Waals surface area (Å²) in [7, 11) is 0. The SMILES string of the molecule is CC(C)C[C@H](C(=O)OCC(=O)Nc1ccc(F)cc1)N1C(=O)[C@@H]2[C@H]3C=C[C@@H]([C@@H]4C[C@H]34)[C@H]2C1=O. The van der Waals surface area contributed by atoms with Crippen LogP contribution in [0.2, 0.25) is 0 Å². The lowest BCUT2D eigenvalue weighted by Gasteiger charge is -2.37. The topological polar surface area (TPSA) is 92.8 Å². The van der Waals surface area contributed by atoms with Crippen molar-refractivity contribution in [1.82, 2.24) is 4.90 Å². The van der Waals surface area contributed by atoms with E-state index in [9.17, 15) is 23.6 Å². The predicted octanol–water partition coefficient (Wildman–Crippen LogP) is 2.78. The van der Waals surface area contributed by atoms with E-state index in [1.54, 1.807) is 0 Å². The van der Waals surface area contributed by atoms with Crippen molar-refractivity contribution in [3.63, 3.8) is 0 Å². The average Bonchev–Trinajstić information content (AvgIpc) is 3.56. The van der Waals surface area contributed by atoms with Crippen LogP contribution >= 0.6 is 0 Å². The van der Waals surface area contributed by atoms with E-state index in [0.717, 1.165) is 11.3 Å². The Morgan fingerprint density at radius 1 is 1.06 bits per heavy atom. The normalized spacial score (nSPS) is 31.9. The van der Waals surface area contributed by atoms with Crippen LogP contribution in [0.4, 0.5) is 10.1 Å². The van der Waals surface area contributed by atoms with Crippen LogP contribution in [0.3, 0.4) is 0 Å². The molecule has 2 saturated carbocycles. The third-order valence-corrected chi connectivity index (χ3v) is 7.45. The van der Waals surface area contributed by atoms with Gasteiger partial charge in [0.1, 0.15) is 11.9 Å². The summed E-state index contributed by atoms with van der Waals surface area (Å²) in [6.07, 6.45) is 5.51. The maximum absolute atomic E-state index is 13.4. The number of anilines is 1. The van der Waals surface area contributed by atoms with Crippen molar-refractivity contribution in [1.29, 1.82) is 0 Å². The zero-order valence-corrected chi connectivity index (χ0v) is 18.6. The van der Waals surface area contributed by atoms with E-state index in [-0.39, 0.29) is 47.8 Å². The number of nitrogens with one attached hydrogen (secondary N) is 1. The molecule has 7 atom stereocenters. The summed E-state index contributed by atoms with van der Waals surface area (Å²) in [5.74, 6) is -2.00. The lowest BCUT2D eigenvalue weighted by molar-refractivity contribution is -0.160. The Morgan fingerprint density at radius 2 is 1.64 bits per heavy atom. The molecule has 4 aliphatic carbocycles. The fraction of sp³-hybridized carbons (Fsp3) is 0.520. The Balaban J connectivity index is 1.28. The van der Waals surface area contributed by atoms with Gasteiger partial charge in [0.2, 0.25) is 11.8 Å². The second kappa shape index (κ2) is 8.08. The van der Waals surface area contributed by atoms with Crippen molar-refractivity contribution in [3.05, 3.63) is 42.2 Å². The highest BCUT2D eigenvalue weighted by Crippen LogP contribution is 2.65. The Labute approximate surface area is 191 Å². The standard InChI is InChI=1S/C25H27FN2O5/c1-12(2)9-19(25(32)33-11-20(29)27-14-5-3-13(26)4-6-14)28-23(30)21-15-7-8-16(18-10-17(15)18)22(21)24(28)31/h3-8,12,15-19,21-22H,9-11H2,1-2H3,(H,27,29)/t15-,16-,17-,18+,19+,21+,22+/m0/s1. The number of esters is 1. The molecule has 2 bridgehead atoms. The lowest BCUT2D eigenvalue weighted by Crippen LogP contribution is -2.47. The van der Waals surface area contributed by atoms with Gasteiger partial charge in [-0.05, 0) is 66.7 Å². The fourth-order valence-corrected chi connectivity index (χ4v) is 6.00. The summed E-state index contributed by atoms with van der Waals surface area (Å²) >= 11 is 0. The van der Waals surface area contributed by atoms with Gasteiger partial charge in [-0.15, -0.1) is 0 Å². The number of carbonyl (C=O) groups is 4. The average molecular weight is 454 g/mol. The minimum atomic E-state index is -1.05. The number of amides is 3. The van der Waals surface area contributed by atoms with Gasteiger partial charge in [-0.1, -0.05) is 26.0 Å². The van der Waals surface area contributed by atoms with E-state index >= 15 is 0 Å². The number of rotatable bonds is 7. The zero-order chi connectivity index (χ0) is 23.4. The molecule has 7 nitrogen and oxygen atoms in total. The molecule has 3 fully saturated rings. The molecule has 6 rings (SSSR count). The van der Waals surface area contributed by atoms with Gasteiger partial charge in [-0.2, -0.15) is 0 Å². The van der Waals surface area contributed by atoms with E-state index in [1.807, 2.05) is 13.8 Å². The van der Waals surface area contributed by atoms with Crippen molar-refractivity contribution in [2.45, 2.75) is 32.7 Å². The van der Waals surface area contributed by atoms with Gasteiger partial charge < -0.3 is 10.1 Å². The molecule has 174 valence electrons. The number of ether oxygens (including phenoxy) is 1. The molecule has 1 aromatic rings. The summed E-state index contributed by atoms with van der Waals surface area (Å²) in [5.41, 5.74) is 0.367. The zero-order valence-electron chi connectivity index (χ0n) is 18.6. The molecular weight excluding hydrogens is 427 g/mol. The molecule has 0 radical (unpaired) electrons. The Hall–Kier alpha value is -3.03. The first-order chi connectivity index (χ1) is 15.8. The number of nitrogens with zero attached hydrogens (tertiary/aromatic N) is 1. The molecule has 0 aromatic heterocycles. The molecule has 33 heavy (non-hydrogen) atoms. The summed E-state index contributed by atoms with van der Waals surface area (Å²) in [5, 5.41) is 2.52. The highest BCUT2D eigenvalue weighted by molar-refractivity contribution is 6.09. The highest BCUT2D eigenvalue weighted by Gasteiger charge is 2.68. The molecule has 1 N–H and O–H groups in total. The molecule has 1 saturated heterocycles. The molecular formula is C25H27FN2O5. The number of likely N-dealkylation sites (tertiary alicyclic amines) is 1. The summed E-state index contributed by atoms with van der Waals surface area (Å²) in [6.45, 7) is 3.24. The van der Waals surface area contributed by atoms with Crippen molar-refractivity contribution >= 4 is 29.4 Å². The molecule has 1 aliphatic heterocycles. The van der Waals surface area contributed by atoms with E-state index in [4.69, 9.17) is 4.74 Å². The molecule has 0 unspecified atom stereocenters. The van der Waals surface area contributed by atoms with Crippen LogP contribution in [0, 0.1) is 47.2 Å². The van der Waals surface area contributed by atoms with E-state index < -0.39 is 30.3 Å². The quantitative estimate of drug-likeness (QED) is 0.389. The van der Waals surface area contributed by atoms with Gasteiger partial charge in [0.25, 0.3) is 5.91 Å². The van der Waals surface area contributed by atoms with Crippen LogP contribution in [0.5, 0.6) is 0 Å². The van der Waals surface area contributed by atoms with Gasteiger partial charge in [0, 0.05) is 5.69 Å².